The summed E-state index contributed by atoms with van der Waals surface area (Å²) in [7, 11) is 0. The molecule has 2 aromatic rings. The van der Waals surface area contributed by atoms with Gasteiger partial charge in [0.25, 0.3) is 0 Å². The highest BCUT2D eigenvalue weighted by Gasteiger charge is 2.38. The second kappa shape index (κ2) is 6.44. The van der Waals surface area contributed by atoms with Gasteiger partial charge in [-0.15, -0.1) is 0 Å². The van der Waals surface area contributed by atoms with Gasteiger partial charge in [-0.3, -0.25) is 4.68 Å². The van der Waals surface area contributed by atoms with Gasteiger partial charge in [0, 0.05) is 18.5 Å². The molecule has 4 rings (SSSR count). The monoisotopic (exact) mass is 310 g/mol. The Kier molecular flexibility index (Phi) is 4.17. The van der Waals surface area contributed by atoms with Gasteiger partial charge in [-0.1, -0.05) is 30.7 Å². The fourth-order valence-corrected chi connectivity index (χ4v) is 4.60. The standard InChI is InChI=1S/C19H26N4/c1-2-8-18-17(6-1)7-3-4-9-19(18)10-5-11-22(14-19)12-13-23-16-20-15-21-23/h1-2,6,8,15-16H,3-5,7,9-14H2. The van der Waals surface area contributed by atoms with Crippen LogP contribution in [-0.2, 0) is 18.4 Å². The third-order valence-electron chi connectivity index (χ3n) is 5.71. The van der Waals surface area contributed by atoms with Gasteiger partial charge in [0.05, 0.1) is 6.54 Å². The quantitative estimate of drug-likeness (QED) is 0.874. The minimum absolute atomic E-state index is 0.383. The first-order valence-corrected chi connectivity index (χ1v) is 8.99. The molecule has 2 heterocycles. The Morgan fingerprint density at radius 3 is 2.87 bits per heavy atom. The zero-order chi connectivity index (χ0) is 15.5. The molecule has 0 amide bonds. The smallest absolute Gasteiger partial charge is 0.137 e. The van der Waals surface area contributed by atoms with Crippen LogP contribution in [0.1, 0.15) is 43.2 Å². The molecule has 0 radical (unpaired) electrons. The highest BCUT2D eigenvalue weighted by Crippen LogP contribution is 2.42. The second-order valence-corrected chi connectivity index (χ2v) is 7.18. The van der Waals surface area contributed by atoms with Crippen molar-refractivity contribution in [3.63, 3.8) is 0 Å². The number of aryl methyl sites for hydroxylation is 1. The van der Waals surface area contributed by atoms with Crippen LogP contribution in [0.5, 0.6) is 0 Å². The Bertz CT molecular complexity index is 637. The summed E-state index contributed by atoms with van der Waals surface area (Å²) < 4.78 is 1.95. The van der Waals surface area contributed by atoms with Crippen LogP contribution in [0.15, 0.2) is 36.9 Å². The molecular formula is C19H26N4. The number of likely N-dealkylation sites (tertiary alicyclic amines) is 1. The van der Waals surface area contributed by atoms with E-state index in [9.17, 15) is 0 Å². The highest BCUT2D eigenvalue weighted by atomic mass is 15.3. The minimum atomic E-state index is 0.383. The molecular weight excluding hydrogens is 284 g/mol. The van der Waals surface area contributed by atoms with Crippen molar-refractivity contribution in [3.05, 3.63) is 48.0 Å². The molecule has 0 bridgehead atoms. The van der Waals surface area contributed by atoms with E-state index < -0.39 is 0 Å². The van der Waals surface area contributed by atoms with E-state index in [0.717, 1.165) is 13.1 Å². The lowest BCUT2D eigenvalue weighted by atomic mass is 9.70. The maximum atomic E-state index is 4.23. The lowest BCUT2D eigenvalue weighted by molar-refractivity contribution is 0.132. The lowest BCUT2D eigenvalue weighted by Crippen LogP contribution is -2.47. The summed E-state index contributed by atoms with van der Waals surface area (Å²) in [5.74, 6) is 0. The number of benzene rings is 1. The number of hydrogen-bond donors (Lipinski definition) is 0. The molecule has 4 nitrogen and oxygen atoms in total. The van der Waals surface area contributed by atoms with Crippen LogP contribution < -0.4 is 0 Å². The SMILES string of the molecule is c1ccc2c(c1)CCCCC21CCCN(CCn2cncn2)C1. The predicted octanol–water partition coefficient (Wildman–Crippen LogP) is 3.04. The van der Waals surface area contributed by atoms with Gasteiger partial charge in [-0.25, -0.2) is 4.98 Å². The molecule has 1 aromatic heterocycles. The Balaban J connectivity index is 1.53. The number of piperidine rings is 1. The van der Waals surface area contributed by atoms with Crippen LogP contribution in [-0.4, -0.2) is 39.3 Å². The van der Waals surface area contributed by atoms with Crippen LogP contribution >= 0.6 is 0 Å². The molecule has 0 N–H and O–H groups in total. The van der Waals surface area contributed by atoms with Gasteiger partial charge in [0.1, 0.15) is 12.7 Å². The third kappa shape index (κ3) is 3.05. The van der Waals surface area contributed by atoms with Gasteiger partial charge >= 0.3 is 0 Å². The Hall–Kier alpha value is -1.68. The van der Waals surface area contributed by atoms with E-state index >= 15 is 0 Å². The van der Waals surface area contributed by atoms with E-state index in [-0.39, 0.29) is 0 Å². The maximum Gasteiger partial charge on any atom is 0.137 e. The molecule has 1 unspecified atom stereocenters. The largest absolute Gasteiger partial charge is 0.301 e. The van der Waals surface area contributed by atoms with E-state index in [1.165, 1.54) is 51.6 Å². The Morgan fingerprint density at radius 1 is 1.04 bits per heavy atom. The van der Waals surface area contributed by atoms with E-state index in [0.29, 0.717) is 5.41 Å². The van der Waals surface area contributed by atoms with Crippen molar-refractivity contribution in [2.45, 2.75) is 50.5 Å². The molecule has 122 valence electrons. The maximum absolute atomic E-state index is 4.23. The van der Waals surface area contributed by atoms with Crippen LogP contribution in [0.25, 0.3) is 0 Å². The van der Waals surface area contributed by atoms with Crippen LogP contribution in [0.2, 0.25) is 0 Å². The molecule has 1 aliphatic heterocycles. The van der Waals surface area contributed by atoms with E-state index in [2.05, 4.69) is 39.2 Å². The van der Waals surface area contributed by atoms with Crippen LogP contribution in [0.3, 0.4) is 0 Å². The lowest BCUT2D eigenvalue weighted by Gasteiger charge is -2.44. The van der Waals surface area contributed by atoms with Gasteiger partial charge < -0.3 is 4.90 Å². The fourth-order valence-electron chi connectivity index (χ4n) is 4.60. The van der Waals surface area contributed by atoms with Crippen LogP contribution in [0.4, 0.5) is 0 Å². The number of nitrogens with zero attached hydrogens (tertiary/aromatic N) is 4. The first-order chi connectivity index (χ1) is 11.4. The van der Waals surface area contributed by atoms with Gasteiger partial charge in [0.2, 0.25) is 0 Å². The summed E-state index contributed by atoms with van der Waals surface area (Å²) in [6.07, 6.45) is 11.4. The molecule has 2 aliphatic rings. The van der Waals surface area contributed by atoms with Crippen molar-refractivity contribution >= 4 is 0 Å². The molecule has 23 heavy (non-hydrogen) atoms. The highest BCUT2D eigenvalue weighted by molar-refractivity contribution is 5.36. The molecule has 0 saturated carbocycles. The second-order valence-electron chi connectivity index (χ2n) is 7.18. The van der Waals surface area contributed by atoms with Crippen molar-refractivity contribution in [1.29, 1.82) is 0 Å². The molecule has 1 saturated heterocycles. The van der Waals surface area contributed by atoms with Gasteiger partial charge in [0.15, 0.2) is 0 Å². The first kappa shape index (κ1) is 14.9. The van der Waals surface area contributed by atoms with Crippen molar-refractivity contribution in [2.24, 2.45) is 0 Å². The summed E-state index contributed by atoms with van der Waals surface area (Å²) in [4.78, 5) is 6.69. The molecule has 1 fully saturated rings. The van der Waals surface area contributed by atoms with Gasteiger partial charge in [-0.2, -0.15) is 5.10 Å². The molecule has 1 aromatic carbocycles. The number of rotatable bonds is 3. The summed E-state index contributed by atoms with van der Waals surface area (Å²) in [6.45, 7) is 4.45. The summed E-state index contributed by atoms with van der Waals surface area (Å²) in [5, 5.41) is 4.23. The van der Waals surface area contributed by atoms with Gasteiger partial charge in [-0.05, 0) is 49.8 Å². The molecule has 1 atom stereocenters. The summed E-state index contributed by atoms with van der Waals surface area (Å²) >= 11 is 0. The van der Waals surface area contributed by atoms with Crippen molar-refractivity contribution in [2.75, 3.05) is 19.6 Å². The summed E-state index contributed by atoms with van der Waals surface area (Å²) in [6, 6.07) is 9.21. The zero-order valence-electron chi connectivity index (χ0n) is 13.8. The Labute approximate surface area is 138 Å². The van der Waals surface area contributed by atoms with Crippen molar-refractivity contribution in [1.82, 2.24) is 19.7 Å². The normalized spacial score (nSPS) is 25.2. The topological polar surface area (TPSA) is 34.0 Å². The Morgan fingerprint density at radius 2 is 1.96 bits per heavy atom. The van der Waals surface area contributed by atoms with Crippen molar-refractivity contribution < 1.29 is 0 Å². The number of fused-ring (bicyclic) bond motifs is 2. The molecule has 4 heteroatoms. The van der Waals surface area contributed by atoms with Crippen LogP contribution in [0, 0.1) is 0 Å². The predicted molar refractivity (Wildman–Crippen MR) is 91.4 cm³/mol. The average Bonchev–Trinajstić information content (AvgIpc) is 3.05. The zero-order valence-corrected chi connectivity index (χ0v) is 13.8. The summed E-state index contributed by atoms with van der Waals surface area (Å²) in [5.41, 5.74) is 3.62. The van der Waals surface area contributed by atoms with E-state index in [1.54, 1.807) is 17.5 Å². The van der Waals surface area contributed by atoms with E-state index in [1.807, 2.05) is 11.0 Å². The average molecular weight is 310 g/mol. The first-order valence-electron chi connectivity index (χ1n) is 8.99. The third-order valence-corrected chi connectivity index (χ3v) is 5.71. The molecule has 1 spiro atoms. The number of hydrogen-bond acceptors (Lipinski definition) is 3. The molecule has 1 aliphatic carbocycles. The fraction of sp³-hybridized carbons (Fsp3) is 0.579. The number of aromatic nitrogens is 3. The minimum Gasteiger partial charge on any atom is -0.301 e. The van der Waals surface area contributed by atoms with E-state index in [4.69, 9.17) is 0 Å². The van der Waals surface area contributed by atoms with Crippen molar-refractivity contribution in [3.8, 4) is 0 Å².